The second-order valence-corrected chi connectivity index (χ2v) is 4.57. The Bertz CT molecular complexity index is 271. The van der Waals surface area contributed by atoms with Gasteiger partial charge in [0.25, 0.3) is 0 Å². The molecule has 0 radical (unpaired) electrons. The van der Waals surface area contributed by atoms with E-state index in [2.05, 4.69) is 10.2 Å². The van der Waals surface area contributed by atoms with Crippen molar-refractivity contribution in [1.29, 1.82) is 0 Å². The van der Waals surface area contributed by atoms with Crippen molar-refractivity contribution in [3.8, 4) is 0 Å². The van der Waals surface area contributed by atoms with Crippen LogP contribution in [0.5, 0.6) is 0 Å². The van der Waals surface area contributed by atoms with Gasteiger partial charge in [-0.3, -0.25) is 9.69 Å². The minimum atomic E-state index is 0.0374. The topological polar surface area (TPSA) is 32.3 Å². The molecule has 0 aromatic rings. The third-order valence-electron chi connectivity index (χ3n) is 3.41. The summed E-state index contributed by atoms with van der Waals surface area (Å²) in [7, 11) is 0. The van der Waals surface area contributed by atoms with E-state index in [1.165, 1.54) is 44.3 Å². The van der Waals surface area contributed by atoms with Crippen molar-refractivity contribution in [1.82, 2.24) is 10.2 Å². The van der Waals surface area contributed by atoms with Crippen LogP contribution >= 0.6 is 0 Å². The van der Waals surface area contributed by atoms with Crippen molar-refractivity contribution in [3.63, 3.8) is 0 Å². The molecule has 84 valence electrons. The Morgan fingerprint density at radius 1 is 1.40 bits per heavy atom. The number of carbonyl (C=O) groups excluding carboxylic acids is 1. The van der Waals surface area contributed by atoms with Crippen molar-refractivity contribution < 1.29 is 4.79 Å². The minimum Gasteiger partial charge on any atom is -0.333 e. The quantitative estimate of drug-likeness (QED) is 0.710. The molecule has 0 aromatic heterocycles. The molecule has 3 nitrogen and oxygen atoms in total. The molecule has 2 rings (SSSR count). The van der Waals surface area contributed by atoms with Crippen LogP contribution in [0.3, 0.4) is 0 Å². The van der Waals surface area contributed by atoms with E-state index < -0.39 is 0 Å². The zero-order valence-corrected chi connectivity index (χ0v) is 9.46. The summed E-state index contributed by atoms with van der Waals surface area (Å²) < 4.78 is 0. The molecular weight excluding hydrogens is 188 g/mol. The van der Waals surface area contributed by atoms with Crippen LogP contribution in [-0.2, 0) is 4.79 Å². The van der Waals surface area contributed by atoms with Crippen molar-refractivity contribution in [2.24, 2.45) is 0 Å². The number of nitrogens with one attached hydrogen (secondary N) is 1. The lowest BCUT2D eigenvalue weighted by Gasteiger charge is -2.40. The molecule has 0 saturated carbocycles. The average Bonchev–Trinajstić information content (AvgIpc) is 2.26. The molecule has 1 atom stereocenters. The summed E-state index contributed by atoms with van der Waals surface area (Å²) in [6.07, 6.45) is 8.28. The van der Waals surface area contributed by atoms with Crippen LogP contribution in [0, 0.1) is 0 Å². The number of carbonyl (C=O) groups is 1. The smallest absolute Gasteiger partial charge is 0.220 e. The van der Waals surface area contributed by atoms with E-state index in [1.807, 2.05) is 6.20 Å². The minimum absolute atomic E-state index is 0.0374. The maximum Gasteiger partial charge on any atom is 0.220 e. The maximum absolute atomic E-state index is 10.9. The molecule has 1 amide bonds. The Labute approximate surface area is 91.5 Å². The largest absolute Gasteiger partial charge is 0.333 e. The van der Waals surface area contributed by atoms with Crippen molar-refractivity contribution in [2.75, 3.05) is 13.1 Å². The molecule has 0 bridgehead atoms. The van der Waals surface area contributed by atoms with Crippen LogP contribution in [0.1, 0.15) is 39.0 Å². The van der Waals surface area contributed by atoms with Gasteiger partial charge in [-0.25, -0.2) is 0 Å². The predicted molar refractivity (Wildman–Crippen MR) is 60.3 cm³/mol. The van der Waals surface area contributed by atoms with Crippen molar-refractivity contribution >= 4 is 5.91 Å². The first-order chi connectivity index (χ1) is 7.27. The van der Waals surface area contributed by atoms with Gasteiger partial charge in [0.15, 0.2) is 0 Å². The van der Waals surface area contributed by atoms with E-state index in [0.717, 1.165) is 6.42 Å². The van der Waals surface area contributed by atoms with Gasteiger partial charge < -0.3 is 5.32 Å². The Balaban J connectivity index is 2.03. The lowest BCUT2D eigenvalue weighted by atomic mass is 9.89. The van der Waals surface area contributed by atoms with Gasteiger partial charge in [-0.1, -0.05) is 6.42 Å². The zero-order chi connectivity index (χ0) is 10.7. The SMILES string of the molecule is CC(=O)NC=C1CCCN2CCCCC12. The highest BCUT2D eigenvalue weighted by Crippen LogP contribution is 2.29. The first kappa shape index (κ1) is 10.7. The van der Waals surface area contributed by atoms with Gasteiger partial charge in [-0.05, 0) is 44.3 Å². The molecule has 15 heavy (non-hydrogen) atoms. The van der Waals surface area contributed by atoms with Gasteiger partial charge in [-0.2, -0.15) is 0 Å². The van der Waals surface area contributed by atoms with Crippen LogP contribution in [0.15, 0.2) is 11.8 Å². The molecule has 2 saturated heterocycles. The van der Waals surface area contributed by atoms with E-state index >= 15 is 0 Å². The molecule has 1 unspecified atom stereocenters. The summed E-state index contributed by atoms with van der Waals surface area (Å²) in [6.45, 7) is 4.04. The van der Waals surface area contributed by atoms with Crippen LogP contribution in [-0.4, -0.2) is 29.9 Å². The molecule has 3 heteroatoms. The first-order valence-corrected chi connectivity index (χ1v) is 5.97. The van der Waals surface area contributed by atoms with Crippen molar-refractivity contribution in [3.05, 3.63) is 11.8 Å². The Morgan fingerprint density at radius 3 is 3.00 bits per heavy atom. The fourth-order valence-electron chi connectivity index (χ4n) is 2.69. The van der Waals surface area contributed by atoms with E-state index in [9.17, 15) is 4.79 Å². The highest BCUT2D eigenvalue weighted by molar-refractivity contribution is 5.74. The van der Waals surface area contributed by atoms with Crippen LogP contribution in [0.2, 0.25) is 0 Å². The van der Waals surface area contributed by atoms with Crippen molar-refractivity contribution in [2.45, 2.75) is 45.1 Å². The summed E-state index contributed by atoms with van der Waals surface area (Å²) in [5, 5.41) is 2.82. The number of piperidine rings is 2. The van der Waals surface area contributed by atoms with Gasteiger partial charge >= 0.3 is 0 Å². The van der Waals surface area contributed by atoms with Gasteiger partial charge in [0, 0.05) is 19.2 Å². The average molecular weight is 208 g/mol. The molecule has 0 spiro atoms. The van der Waals surface area contributed by atoms with Crippen LogP contribution < -0.4 is 5.32 Å². The second-order valence-electron chi connectivity index (χ2n) is 4.57. The van der Waals surface area contributed by atoms with E-state index in [1.54, 1.807) is 6.92 Å². The fraction of sp³-hybridized carbons (Fsp3) is 0.750. The Kier molecular flexibility index (Phi) is 3.41. The third-order valence-corrected chi connectivity index (χ3v) is 3.41. The number of hydrogen-bond donors (Lipinski definition) is 1. The number of rotatable bonds is 1. The summed E-state index contributed by atoms with van der Waals surface area (Å²) in [5.74, 6) is 0.0374. The Morgan fingerprint density at radius 2 is 2.20 bits per heavy atom. The molecule has 0 aliphatic carbocycles. The summed E-state index contributed by atoms with van der Waals surface area (Å²) in [4.78, 5) is 13.4. The number of nitrogens with zero attached hydrogens (tertiary/aromatic N) is 1. The fourth-order valence-corrected chi connectivity index (χ4v) is 2.69. The van der Waals surface area contributed by atoms with E-state index in [4.69, 9.17) is 0 Å². The molecule has 2 aliphatic rings. The second kappa shape index (κ2) is 4.79. The Hall–Kier alpha value is -0.830. The van der Waals surface area contributed by atoms with E-state index in [0.29, 0.717) is 6.04 Å². The number of hydrogen-bond acceptors (Lipinski definition) is 2. The van der Waals surface area contributed by atoms with Crippen LogP contribution in [0.4, 0.5) is 0 Å². The van der Waals surface area contributed by atoms with Crippen LogP contribution in [0.25, 0.3) is 0 Å². The van der Waals surface area contributed by atoms with Gasteiger partial charge in [0.2, 0.25) is 5.91 Å². The molecule has 2 aliphatic heterocycles. The predicted octanol–water partition coefficient (Wildman–Crippen LogP) is 1.65. The number of fused-ring (bicyclic) bond motifs is 1. The normalized spacial score (nSPS) is 29.9. The van der Waals surface area contributed by atoms with Gasteiger partial charge in [0.1, 0.15) is 0 Å². The molecule has 2 heterocycles. The number of amides is 1. The molecule has 1 N–H and O–H groups in total. The summed E-state index contributed by atoms with van der Waals surface area (Å²) >= 11 is 0. The zero-order valence-electron chi connectivity index (χ0n) is 9.46. The first-order valence-electron chi connectivity index (χ1n) is 5.97. The lowest BCUT2D eigenvalue weighted by Crippen LogP contribution is -2.44. The van der Waals surface area contributed by atoms with E-state index in [-0.39, 0.29) is 5.91 Å². The maximum atomic E-state index is 10.9. The molecule has 0 aromatic carbocycles. The summed E-state index contributed by atoms with van der Waals surface area (Å²) in [5.41, 5.74) is 1.43. The molecule has 2 fully saturated rings. The summed E-state index contributed by atoms with van der Waals surface area (Å²) in [6, 6.07) is 0.611. The highest BCUT2D eigenvalue weighted by Gasteiger charge is 2.28. The third kappa shape index (κ3) is 2.59. The highest BCUT2D eigenvalue weighted by atomic mass is 16.1. The lowest BCUT2D eigenvalue weighted by molar-refractivity contribution is -0.118. The van der Waals surface area contributed by atoms with Gasteiger partial charge in [-0.15, -0.1) is 0 Å². The van der Waals surface area contributed by atoms with Gasteiger partial charge in [0.05, 0.1) is 0 Å². The molecular formula is C12H20N2O. The monoisotopic (exact) mass is 208 g/mol. The standard InChI is InChI=1S/C12H20N2O/c1-10(15)13-9-11-5-4-8-14-7-3-2-6-12(11)14/h9,12H,2-8H2,1H3,(H,13,15).